The molecule has 0 spiro atoms. The van der Waals surface area contributed by atoms with Gasteiger partial charge in [-0.05, 0) is 24.6 Å². The van der Waals surface area contributed by atoms with Crippen LogP contribution >= 0.6 is 22.6 Å². The zero-order chi connectivity index (χ0) is 22.8. The molecule has 0 aliphatic carbocycles. The van der Waals surface area contributed by atoms with E-state index in [-0.39, 0.29) is 24.3 Å². The lowest BCUT2D eigenvalue weighted by atomic mass is 10.0. The van der Waals surface area contributed by atoms with E-state index in [2.05, 4.69) is 20.4 Å². The van der Waals surface area contributed by atoms with Gasteiger partial charge >= 0.3 is 0 Å². The van der Waals surface area contributed by atoms with E-state index >= 15 is 0 Å². The summed E-state index contributed by atoms with van der Waals surface area (Å²) in [6, 6.07) is 4.23. The molecule has 3 aliphatic rings. The summed E-state index contributed by atoms with van der Waals surface area (Å²) in [5.41, 5.74) is 1.43. The van der Waals surface area contributed by atoms with Crippen molar-refractivity contribution >= 4 is 57.8 Å². The number of amides is 5. The molecule has 0 saturated carbocycles. The molecule has 11 heteroatoms. The van der Waals surface area contributed by atoms with Crippen molar-refractivity contribution in [3.8, 4) is 0 Å². The van der Waals surface area contributed by atoms with Gasteiger partial charge in [-0.3, -0.25) is 39.1 Å². The van der Waals surface area contributed by atoms with E-state index < -0.39 is 29.7 Å². The predicted octanol–water partition coefficient (Wildman–Crippen LogP) is -0.239. The third-order valence-corrected chi connectivity index (χ3v) is 6.73. The van der Waals surface area contributed by atoms with Crippen LogP contribution in [0.5, 0.6) is 0 Å². The Morgan fingerprint density at radius 1 is 1.06 bits per heavy atom. The number of carbonyl (C=O) groups excluding carboxylic acids is 5. The minimum atomic E-state index is -0.959. The van der Waals surface area contributed by atoms with Gasteiger partial charge < -0.3 is 10.2 Å². The number of alkyl halides is 1. The van der Waals surface area contributed by atoms with Crippen LogP contribution in [0.4, 0.5) is 5.69 Å². The monoisotopic (exact) mass is 553 g/mol. The highest BCUT2D eigenvalue weighted by Gasteiger charge is 2.44. The molecule has 10 nitrogen and oxygen atoms in total. The van der Waals surface area contributed by atoms with Crippen molar-refractivity contribution < 1.29 is 24.0 Å². The Morgan fingerprint density at radius 3 is 2.47 bits per heavy atom. The Balaban J connectivity index is 1.40. The van der Waals surface area contributed by atoms with Crippen molar-refractivity contribution in [2.75, 3.05) is 48.6 Å². The van der Waals surface area contributed by atoms with Gasteiger partial charge in [0.1, 0.15) is 6.04 Å². The fourth-order valence-electron chi connectivity index (χ4n) is 4.29. The molecule has 1 unspecified atom stereocenters. The number of imide groups is 2. The summed E-state index contributed by atoms with van der Waals surface area (Å²) in [6.45, 7) is 4.58. The standard InChI is InChI=1S/C21H24IN5O5/c22-12-18(29)23-5-6-25-7-9-26(10-8-25)13-1-2-14-15(11-13)21(32)27(20(14)31)16-3-4-17(28)24-19(16)30/h1-2,11,16H,3-10,12H2,(H,23,29)(H,24,28,30). The molecule has 3 aliphatic heterocycles. The molecule has 2 saturated heterocycles. The Labute approximate surface area is 198 Å². The van der Waals surface area contributed by atoms with Gasteiger partial charge in [0, 0.05) is 51.4 Å². The number of hydrogen-bond donors (Lipinski definition) is 2. The highest BCUT2D eigenvalue weighted by Crippen LogP contribution is 2.31. The Bertz CT molecular complexity index is 975. The second-order valence-electron chi connectivity index (χ2n) is 7.99. The number of nitrogens with zero attached hydrogens (tertiary/aromatic N) is 3. The summed E-state index contributed by atoms with van der Waals surface area (Å²) in [7, 11) is 0. The highest BCUT2D eigenvalue weighted by atomic mass is 127. The number of halogens is 1. The number of benzene rings is 1. The summed E-state index contributed by atoms with van der Waals surface area (Å²) >= 11 is 2.03. The van der Waals surface area contributed by atoms with Crippen molar-refractivity contribution in [3.05, 3.63) is 29.3 Å². The maximum absolute atomic E-state index is 13.0. The molecule has 1 aromatic rings. The topological polar surface area (TPSA) is 119 Å². The predicted molar refractivity (Wildman–Crippen MR) is 124 cm³/mol. The normalized spacial score (nSPS) is 21.6. The summed E-state index contributed by atoms with van der Waals surface area (Å²) in [5.74, 6) is -1.96. The zero-order valence-corrected chi connectivity index (χ0v) is 19.6. The molecule has 1 aromatic carbocycles. The first-order valence-corrected chi connectivity index (χ1v) is 12.1. The van der Waals surface area contributed by atoms with E-state index in [0.717, 1.165) is 43.3 Å². The van der Waals surface area contributed by atoms with Crippen molar-refractivity contribution in [1.29, 1.82) is 0 Å². The summed E-state index contributed by atoms with van der Waals surface area (Å²) in [5, 5.41) is 5.08. The lowest BCUT2D eigenvalue weighted by Crippen LogP contribution is -2.54. The molecule has 0 bridgehead atoms. The van der Waals surface area contributed by atoms with Gasteiger partial charge in [0.15, 0.2) is 0 Å². The van der Waals surface area contributed by atoms with Gasteiger partial charge in [0.2, 0.25) is 17.7 Å². The molecular weight excluding hydrogens is 529 g/mol. The number of piperazine rings is 1. The first-order chi connectivity index (χ1) is 15.4. The number of rotatable bonds is 6. The van der Waals surface area contributed by atoms with Gasteiger partial charge in [-0.2, -0.15) is 0 Å². The van der Waals surface area contributed by atoms with Crippen molar-refractivity contribution in [2.45, 2.75) is 18.9 Å². The van der Waals surface area contributed by atoms with Crippen LogP contribution in [0.2, 0.25) is 0 Å². The van der Waals surface area contributed by atoms with E-state index in [0.29, 0.717) is 16.5 Å². The minimum Gasteiger partial charge on any atom is -0.369 e. The van der Waals surface area contributed by atoms with Crippen LogP contribution in [-0.2, 0) is 14.4 Å². The molecule has 2 fully saturated rings. The SMILES string of the molecule is O=C(CI)NCCN1CCN(c2ccc3c(c2)C(=O)N(C2CCC(=O)NC2=O)C3=O)CC1. The second-order valence-corrected chi connectivity index (χ2v) is 8.75. The first-order valence-electron chi connectivity index (χ1n) is 10.5. The molecule has 0 radical (unpaired) electrons. The molecule has 4 rings (SSSR count). The molecular formula is C21H24IN5O5. The largest absolute Gasteiger partial charge is 0.369 e. The fraction of sp³-hybridized carbons (Fsp3) is 0.476. The smallest absolute Gasteiger partial charge is 0.262 e. The second kappa shape index (κ2) is 9.53. The minimum absolute atomic E-state index is 0.0351. The number of fused-ring (bicyclic) bond motifs is 1. The van der Waals surface area contributed by atoms with Crippen molar-refractivity contribution in [2.24, 2.45) is 0 Å². The van der Waals surface area contributed by atoms with E-state index in [1.807, 2.05) is 28.7 Å². The number of nitrogens with one attached hydrogen (secondary N) is 2. The lowest BCUT2D eigenvalue weighted by Gasteiger charge is -2.36. The molecule has 2 N–H and O–H groups in total. The lowest BCUT2D eigenvalue weighted by molar-refractivity contribution is -0.136. The summed E-state index contributed by atoms with van der Waals surface area (Å²) < 4.78 is 0.450. The average molecular weight is 553 g/mol. The number of piperidine rings is 1. The third-order valence-electron chi connectivity index (χ3n) is 6.03. The number of hydrogen-bond acceptors (Lipinski definition) is 7. The summed E-state index contributed by atoms with van der Waals surface area (Å²) in [6.07, 6.45) is 0.240. The zero-order valence-electron chi connectivity index (χ0n) is 17.4. The van der Waals surface area contributed by atoms with Gasteiger partial charge in [0.05, 0.1) is 15.6 Å². The van der Waals surface area contributed by atoms with Crippen LogP contribution in [0.15, 0.2) is 18.2 Å². The molecule has 1 atom stereocenters. The van der Waals surface area contributed by atoms with E-state index in [9.17, 15) is 24.0 Å². The van der Waals surface area contributed by atoms with Crippen LogP contribution in [-0.4, -0.2) is 89.1 Å². The van der Waals surface area contributed by atoms with E-state index in [1.54, 1.807) is 12.1 Å². The summed E-state index contributed by atoms with van der Waals surface area (Å²) in [4.78, 5) is 66.2. The molecule has 0 aromatic heterocycles. The quantitative estimate of drug-likeness (QED) is 0.284. The van der Waals surface area contributed by atoms with E-state index in [4.69, 9.17) is 0 Å². The van der Waals surface area contributed by atoms with Crippen LogP contribution in [0.1, 0.15) is 33.6 Å². The van der Waals surface area contributed by atoms with Gasteiger partial charge in [0.25, 0.3) is 11.8 Å². The first kappa shape index (κ1) is 22.6. The van der Waals surface area contributed by atoms with Gasteiger partial charge in [-0.15, -0.1) is 0 Å². The average Bonchev–Trinajstić information content (AvgIpc) is 3.04. The van der Waals surface area contributed by atoms with Crippen molar-refractivity contribution in [1.82, 2.24) is 20.4 Å². The Hall–Kier alpha value is -2.54. The molecule has 3 heterocycles. The van der Waals surface area contributed by atoms with Gasteiger partial charge in [-0.25, -0.2) is 0 Å². The van der Waals surface area contributed by atoms with Gasteiger partial charge in [-0.1, -0.05) is 22.6 Å². The van der Waals surface area contributed by atoms with Crippen LogP contribution in [0.25, 0.3) is 0 Å². The molecule has 32 heavy (non-hydrogen) atoms. The van der Waals surface area contributed by atoms with Crippen LogP contribution in [0, 0.1) is 0 Å². The Kier molecular flexibility index (Phi) is 6.74. The highest BCUT2D eigenvalue weighted by molar-refractivity contribution is 14.1. The third kappa shape index (κ3) is 4.49. The Morgan fingerprint density at radius 2 is 1.78 bits per heavy atom. The maximum atomic E-state index is 13.0. The fourth-order valence-corrected chi connectivity index (χ4v) is 4.56. The van der Waals surface area contributed by atoms with Crippen molar-refractivity contribution in [3.63, 3.8) is 0 Å². The maximum Gasteiger partial charge on any atom is 0.262 e. The van der Waals surface area contributed by atoms with Crippen LogP contribution in [0.3, 0.4) is 0 Å². The number of anilines is 1. The van der Waals surface area contributed by atoms with E-state index in [1.165, 1.54) is 0 Å². The number of carbonyl (C=O) groups is 5. The van der Waals surface area contributed by atoms with Crippen LogP contribution < -0.4 is 15.5 Å². The molecule has 170 valence electrons. The molecule has 5 amide bonds.